The van der Waals surface area contributed by atoms with Gasteiger partial charge in [-0.3, -0.25) is 9.59 Å². The number of ether oxygens (including phenoxy) is 3. The molecule has 2 aromatic carbocycles. The third-order valence-corrected chi connectivity index (χ3v) is 5.69. The zero-order valence-corrected chi connectivity index (χ0v) is 27.6. The summed E-state index contributed by atoms with van der Waals surface area (Å²) < 4.78 is 94.8. The fraction of sp³-hybridized carbons (Fsp3) is 0.500. The van der Waals surface area contributed by atoms with Crippen molar-refractivity contribution < 1.29 is 64.8 Å². The van der Waals surface area contributed by atoms with E-state index in [9.17, 15) is 45.5 Å². The molecular formula is C32H40F6N2O8. The van der Waals surface area contributed by atoms with E-state index in [0.717, 1.165) is 0 Å². The molecule has 0 aliphatic heterocycles. The first kappa shape index (κ1) is 41.5. The molecule has 0 saturated carbocycles. The third kappa shape index (κ3) is 16.4. The summed E-state index contributed by atoms with van der Waals surface area (Å²) in [5.74, 6) is -9.00. The van der Waals surface area contributed by atoms with E-state index in [1.165, 1.54) is 0 Å². The number of amides is 2. The Labute approximate surface area is 274 Å². The van der Waals surface area contributed by atoms with Crippen molar-refractivity contribution in [3.05, 3.63) is 70.3 Å². The monoisotopic (exact) mass is 694 g/mol. The van der Waals surface area contributed by atoms with Crippen molar-refractivity contribution in [2.75, 3.05) is 6.61 Å². The lowest BCUT2D eigenvalue weighted by molar-refractivity contribution is -0.143. The zero-order chi connectivity index (χ0) is 37.0. The molecule has 2 aromatic rings. The average Bonchev–Trinajstić information content (AvgIpc) is 2.88. The van der Waals surface area contributed by atoms with Crippen molar-refractivity contribution in [2.24, 2.45) is 0 Å². The number of carbonyl (C=O) groups excluding carboxylic acids is 3. The highest BCUT2D eigenvalue weighted by Crippen LogP contribution is 2.19. The zero-order valence-electron chi connectivity index (χ0n) is 27.6. The van der Waals surface area contributed by atoms with Crippen molar-refractivity contribution in [3.8, 4) is 0 Å². The van der Waals surface area contributed by atoms with Gasteiger partial charge in [-0.2, -0.15) is 0 Å². The Morgan fingerprint density at radius 2 is 1.00 bits per heavy atom. The van der Waals surface area contributed by atoms with Crippen LogP contribution >= 0.6 is 0 Å². The highest BCUT2D eigenvalue weighted by molar-refractivity contribution is 5.73. The SMILES string of the molecule is CC(C)(C)OC(=O)N[C@@H](CC(=O)O)Cc1cc(F)c(F)cc1F.CCOC(=O)CC(Cc1cc(F)c(F)cc1F)NC(=O)OC(C)(C)C. The molecule has 0 aromatic heterocycles. The molecule has 0 heterocycles. The normalized spacial score (nSPS) is 12.5. The van der Waals surface area contributed by atoms with Crippen LogP contribution < -0.4 is 10.6 Å². The molecule has 0 aliphatic rings. The fourth-order valence-corrected chi connectivity index (χ4v) is 3.90. The van der Waals surface area contributed by atoms with E-state index >= 15 is 0 Å². The number of nitrogens with one attached hydrogen (secondary N) is 2. The first-order valence-corrected chi connectivity index (χ1v) is 14.6. The summed E-state index contributed by atoms with van der Waals surface area (Å²) in [6, 6.07) is 0.167. The topological polar surface area (TPSA) is 140 Å². The van der Waals surface area contributed by atoms with Gasteiger partial charge in [0.2, 0.25) is 0 Å². The van der Waals surface area contributed by atoms with Crippen LogP contribution in [0.1, 0.15) is 72.4 Å². The Bertz CT molecular complexity index is 1440. The molecule has 268 valence electrons. The number of carboxylic acid groups (broad SMARTS) is 1. The van der Waals surface area contributed by atoms with Crippen LogP contribution in [-0.4, -0.2) is 59.1 Å². The van der Waals surface area contributed by atoms with Crippen LogP contribution in [0.4, 0.5) is 35.9 Å². The molecule has 2 atom stereocenters. The van der Waals surface area contributed by atoms with E-state index in [4.69, 9.17) is 19.3 Å². The summed E-state index contributed by atoms with van der Waals surface area (Å²) in [6.45, 7) is 11.6. The molecule has 2 amide bonds. The predicted octanol–water partition coefficient (Wildman–Crippen LogP) is 6.51. The molecule has 0 bridgehead atoms. The molecule has 48 heavy (non-hydrogen) atoms. The number of rotatable bonds is 11. The number of carbonyl (C=O) groups is 4. The number of hydrogen-bond acceptors (Lipinski definition) is 7. The molecule has 0 spiro atoms. The number of halogens is 6. The van der Waals surface area contributed by atoms with Gasteiger partial charge in [0.25, 0.3) is 0 Å². The smallest absolute Gasteiger partial charge is 0.407 e. The first-order chi connectivity index (χ1) is 22.0. The summed E-state index contributed by atoms with van der Waals surface area (Å²) in [6.07, 6.45) is -3.06. The predicted molar refractivity (Wildman–Crippen MR) is 160 cm³/mol. The highest BCUT2D eigenvalue weighted by atomic mass is 19.2. The summed E-state index contributed by atoms with van der Waals surface area (Å²) in [7, 11) is 0. The number of hydrogen-bond donors (Lipinski definition) is 3. The minimum atomic E-state index is -1.35. The van der Waals surface area contributed by atoms with E-state index in [1.54, 1.807) is 48.5 Å². The van der Waals surface area contributed by atoms with Crippen molar-refractivity contribution in [1.82, 2.24) is 10.6 Å². The Hall–Kier alpha value is -4.50. The second-order valence-corrected chi connectivity index (χ2v) is 12.4. The van der Waals surface area contributed by atoms with Crippen molar-refractivity contribution in [3.63, 3.8) is 0 Å². The molecule has 3 N–H and O–H groups in total. The molecule has 1 unspecified atom stereocenters. The van der Waals surface area contributed by atoms with Gasteiger partial charge in [0, 0.05) is 24.2 Å². The summed E-state index contributed by atoms with van der Waals surface area (Å²) in [4.78, 5) is 46.1. The van der Waals surface area contributed by atoms with E-state index in [1.807, 2.05) is 0 Å². The highest BCUT2D eigenvalue weighted by Gasteiger charge is 2.25. The summed E-state index contributed by atoms with van der Waals surface area (Å²) in [5.41, 5.74) is -1.99. The van der Waals surface area contributed by atoms with Gasteiger partial charge in [0.1, 0.15) is 22.8 Å². The Morgan fingerprint density at radius 1 is 0.646 bits per heavy atom. The molecule has 0 fully saturated rings. The Morgan fingerprint density at radius 3 is 1.33 bits per heavy atom. The number of aliphatic carboxylic acids is 1. The maximum atomic E-state index is 13.8. The van der Waals surface area contributed by atoms with Crippen molar-refractivity contribution >= 4 is 24.1 Å². The van der Waals surface area contributed by atoms with E-state index in [2.05, 4.69) is 10.6 Å². The van der Waals surface area contributed by atoms with Gasteiger partial charge in [-0.05, 0) is 84.6 Å². The lowest BCUT2D eigenvalue weighted by atomic mass is 10.0. The Kier molecular flexibility index (Phi) is 15.7. The fourth-order valence-electron chi connectivity index (χ4n) is 3.90. The lowest BCUT2D eigenvalue weighted by Crippen LogP contribution is -2.41. The van der Waals surface area contributed by atoms with E-state index < -0.39 is 88.7 Å². The van der Waals surface area contributed by atoms with Crippen LogP contribution in [0.2, 0.25) is 0 Å². The van der Waals surface area contributed by atoms with Gasteiger partial charge in [-0.25, -0.2) is 35.9 Å². The first-order valence-electron chi connectivity index (χ1n) is 14.6. The van der Waals surface area contributed by atoms with Crippen LogP contribution in [0.25, 0.3) is 0 Å². The van der Waals surface area contributed by atoms with Crippen molar-refractivity contribution in [2.45, 2.75) is 97.4 Å². The summed E-state index contributed by atoms with van der Waals surface area (Å²) >= 11 is 0. The quantitative estimate of drug-likeness (QED) is 0.105. The van der Waals surface area contributed by atoms with Crippen LogP contribution in [0, 0.1) is 34.9 Å². The van der Waals surface area contributed by atoms with Crippen LogP contribution in [0.5, 0.6) is 0 Å². The number of benzene rings is 2. The van der Waals surface area contributed by atoms with Crippen LogP contribution in [-0.2, 0) is 36.6 Å². The second kappa shape index (κ2) is 18.2. The molecule has 2 rings (SSSR count). The van der Waals surface area contributed by atoms with Crippen LogP contribution in [0.15, 0.2) is 24.3 Å². The van der Waals surface area contributed by atoms with E-state index in [0.29, 0.717) is 24.3 Å². The molecule has 0 saturated heterocycles. The van der Waals surface area contributed by atoms with Gasteiger partial charge in [0.15, 0.2) is 23.3 Å². The van der Waals surface area contributed by atoms with Crippen molar-refractivity contribution in [1.29, 1.82) is 0 Å². The Balaban J connectivity index is 0.000000482. The molecule has 10 nitrogen and oxygen atoms in total. The van der Waals surface area contributed by atoms with Gasteiger partial charge < -0.3 is 30.0 Å². The summed E-state index contributed by atoms with van der Waals surface area (Å²) in [5, 5.41) is 13.6. The second-order valence-electron chi connectivity index (χ2n) is 12.4. The molecule has 16 heteroatoms. The standard InChI is InChI=1S/C17H22F3NO4.C15H18F3NO4/c1-5-24-15(22)8-11(21-16(23)25-17(2,3)4)6-10-7-13(19)14(20)9-12(10)18;1-15(2,3)23-14(22)19-9(6-13(20)21)4-8-5-11(17)12(18)7-10(8)16/h7,9,11H,5-6,8H2,1-4H3,(H,21,23);5,7,9H,4,6H2,1-3H3,(H,19,22)(H,20,21)/t;9-/m.1/s1. The minimum Gasteiger partial charge on any atom is -0.481 e. The van der Waals surface area contributed by atoms with Crippen LogP contribution in [0.3, 0.4) is 0 Å². The van der Waals surface area contributed by atoms with Gasteiger partial charge in [-0.1, -0.05) is 0 Å². The maximum Gasteiger partial charge on any atom is 0.407 e. The van der Waals surface area contributed by atoms with Gasteiger partial charge in [-0.15, -0.1) is 0 Å². The average molecular weight is 695 g/mol. The molecule has 0 aliphatic carbocycles. The lowest BCUT2D eigenvalue weighted by Gasteiger charge is -2.23. The number of alkyl carbamates (subject to hydrolysis) is 2. The van der Waals surface area contributed by atoms with Gasteiger partial charge in [0.05, 0.1) is 19.4 Å². The van der Waals surface area contributed by atoms with E-state index in [-0.39, 0.29) is 37.0 Å². The molecule has 0 radical (unpaired) electrons. The number of esters is 1. The van der Waals surface area contributed by atoms with Gasteiger partial charge >= 0.3 is 24.1 Å². The molecular weight excluding hydrogens is 654 g/mol. The number of carboxylic acids is 1. The maximum absolute atomic E-state index is 13.8. The minimum absolute atomic E-state index is 0.136. The largest absolute Gasteiger partial charge is 0.481 e. The third-order valence-electron chi connectivity index (χ3n) is 5.69.